The number of aromatic nitrogens is 1. The zero-order valence-corrected chi connectivity index (χ0v) is 10.3. The van der Waals surface area contributed by atoms with Crippen molar-refractivity contribution < 1.29 is 4.74 Å². The van der Waals surface area contributed by atoms with E-state index >= 15 is 0 Å². The fourth-order valence-electron chi connectivity index (χ4n) is 2.13. The second-order valence-corrected chi connectivity index (χ2v) is 5.45. The van der Waals surface area contributed by atoms with Gasteiger partial charge in [-0.1, -0.05) is 11.3 Å². The summed E-state index contributed by atoms with van der Waals surface area (Å²) in [5.74, 6) is 0. The molecule has 0 unspecified atom stereocenters. The lowest BCUT2D eigenvalue weighted by Gasteiger charge is -2.26. The molecule has 0 radical (unpaired) electrons. The van der Waals surface area contributed by atoms with Crippen LogP contribution in [0.5, 0.6) is 0 Å². The van der Waals surface area contributed by atoms with Gasteiger partial charge in [-0.2, -0.15) is 0 Å². The number of rotatable bonds is 3. The number of hydrogen-bond acceptors (Lipinski definition) is 5. The van der Waals surface area contributed by atoms with E-state index in [0.29, 0.717) is 0 Å². The van der Waals surface area contributed by atoms with Crippen LogP contribution in [0.15, 0.2) is 6.20 Å². The molecule has 4 nitrogen and oxygen atoms in total. The normalized spacial score (nSPS) is 23.4. The van der Waals surface area contributed by atoms with Crippen LogP contribution in [-0.4, -0.2) is 38.3 Å². The lowest BCUT2D eigenvalue weighted by Crippen LogP contribution is -2.36. The van der Waals surface area contributed by atoms with Crippen molar-refractivity contribution in [1.82, 2.24) is 10.3 Å². The Morgan fingerprint density at radius 3 is 2.81 bits per heavy atom. The van der Waals surface area contributed by atoms with E-state index in [2.05, 4.69) is 15.2 Å². The summed E-state index contributed by atoms with van der Waals surface area (Å²) >= 11 is 1.83. The van der Waals surface area contributed by atoms with Crippen molar-refractivity contribution in [2.75, 3.05) is 38.3 Å². The van der Waals surface area contributed by atoms with Gasteiger partial charge in [-0.25, -0.2) is 4.98 Å². The van der Waals surface area contributed by atoms with Gasteiger partial charge in [-0.15, -0.1) is 0 Å². The molecule has 0 amide bonds. The number of morpholine rings is 1. The maximum atomic E-state index is 5.35. The van der Waals surface area contributed by atoms with Gasteiger partial charge >= 0.3 is 0 Å². The molecule has 0 spiro atoms. The van der Waals surface area contributed by atoms with Gasteiger partial charge in [0.25, 0.3) is 0 Å². The van der Waals surface area contributed by atoms with Gasteiger partial charge in [0.2, 0.25) is 0 Å². The van der Waals surface area contributed by atoms with E-state index < -0.39 is 0 Å². The predicted molar refractivity (Wildman–Crippen MR) is 65.1 cm³/mol. The molecule has 0 bridgehead atoms. The minimum absolute atomic E-state index is 0.252. The molecule has 2 heterocycles. The maximum absolute atomic E-state index is 5.35. The molecule has 3 rings (SSSR count). The molecule has 0 atom stereocenters. The Bertz CT molecular complexity index is 369. The van der Waals surface area contributed by atoms with Crippen LogP contribution >= 0.6 is 11.3 Å². The van der Waals surface area contributed by atoms with Crippen molar-refractivity contribution in [3.63, 3.8) is 0 Å². The molecule has 16 heavy (non-hydrogen) atoms. The van der Waals surface area contributed by atoms with E-state index in [4.69, 9.17) is 4.74 Å². The first-order valence-electron chi connectivity index (χ1n) is 5.82. The van der Waals surface area contributed by atoms with Gasteiger partial charge in [0, 0.05) is 24.2 Å². The third-order valence-corrected chi connectivity index (χ3v) is 4.74. The minimum atomic E-state index is 0.252. The molecule has 2 aliphatic rings. The lowest BCUT2D eigenvalue weighted by molar-refractivity contribution is 0.122. The molecule has 1 aliphatic carbocycles. The topological polar surface area (TPSA) is 37.4 Å². The van der Waals surface area contributed by atoms with Crippen molar-refractivity contribution in [2.45, 2.75) is 18.4 Å². The summed E-state index contributed by atoms with van der Waals surface area (Å²) in [4.78, 5) is 8.25. The highest BCUT2D eigenvalue weighted by Gasteiger charge is 2.44. The summed E-state index contributed by atoms with van der Waals surface area (Å²) in [7, 11) is 2.04. The van der Waals surface area contributed by atoms with Gasteiger partial charge < -0.3 is 15.0 Å². The van der Waals surface area contributed by atoms with Crippen LogP contribution in [0.3, 0.4) is 0 Å². The smallest absolute Gasteiger partial charge is 0.185 e. The molecule has 2 fully saturated rings. The Kier molecular flexibility index (Phi) is 2.61. The molecule has 1 aromatic heterocycles. The molecular weight excluding hydrogens is 222 g/mol. The molecule has 1 saturated carbocycles. The molecule has 1 saturated heterocycles. The number of anilines is 1. The molecule has 0 aromatic carbocycles. The minimum Gasteiger partial charge on any atom is -0.378 e. The average molecular weight is 239 g/mol. The Balaban J connectivity index is 1.77. The van der Waals surface area contributed by atoms with Crippen molar-refractivity contribution in [1.29, 1.82) is 0 Å². The van der Waals surface area contributed by atoms with E-state index in [0.717, 1.165) is 31.4 Å². The molecular formula is C11H17N3OS. The number of ether oxygens (including phenoxy) is 1. The van der Waals surface area contributed by atoms with Crippen LogP contribution in [0.4, 0.5) is 5.13 Å². The zero-order chi connectivity index (χ0) is 11.0. The van der Waals surface area contributed by atoms with Crippen molar-refractivity contribution in [3.05, 3.63) is 11.1 Å². The van der Waals surface area contributed by atoms with Crippen LogP contribution in [0.2, 0.25) is 0 Å². The highest BCUT2D eigenvalue weighted by atomic mass is 32.1. The van der Waals surface area contributed by atoms with Gasteiger partial charge in [0.05, 0.1) is 18.8 Å². The van der Waals surface area contributed by atoms with Crippen LogP contribution in [0, 0.1) is 0 Å². The van der Waals surface area contributed by atoms with Crippen LogP contribution < -0.4 is 10.2 Å². The molecule has 1 N–H and O–H groups in total. The van der Waals surface area contributed by atoms with Crippen molar-refractivity contribution in [2.24, 2.45) is 0 Å². The first kappa shape index (κ1) is 10.5. The Hall–Kier alpha value is -0.650. The quantitative estimate of drug-likeness (QED) is 0.859. The first-order valence-corrected chi connectivity index (χ1v) is 6.64. The fourth-order valence-corrected chi connectivity index (χ4v) is 3.35. The van der Waals surface area contributed by atoms with Gasteiger partial charge in [-0.05, 0) is 19.9 Å². The molecule has 5 heteroatoms. The van der Waals surface area contributed by atoms with Gasteiger partial charge in [0.15, 0.2) is 5.13 Å². The van der Waals surface area contributed by atoms with Crippen LogP contribution in [-0.2, 0) is 10.3 Å². The van der Waals surface area contributed by atoms with E-state index in [-0.39, 0.29) is 5.54 Å². The molecule has 1 aromatic rings. The zero-order valence-electron chi connectivity index (χ0n) is 9.53. The van der Waals surface area contributed by atoms with Crippen LogP contribution in [0.1, 0.15) is 17.7 Å². The summed E-state index contributed by atoms with van der Waals surface area (Å²) in [6.07, 6.45) is 4.53. The van der Waals surface area contributed by atoms with Gasteiger partial charge in [-0.3, -0.25) is 0 Å². The maximum Gasteiger partial charge on any atom is 0.185 e. The average Bonchev–Trinajstić information content (AvgIpc) is 3.00. The van der Waals surface area contributed by atoms with E-state index in [1.165, 1.54) is 17.7 Å². The highest BCUT2D eigenvalue weighted by Crippen LogP contribution is 2.48. The molecule has 1 aliphatic heterocycles. The fraction of sp³-hybridized carbons (Fsp3) is 0.727. The Morgan fingerprint density at radius 2 is 2.19 bits per heavy atom. The lowest BCUT2D eigenvalue weighted by atomic mass is 10.2. The first-order chi connectivity index (χ1) is 7.84. The second kappa shape index (κ2) is 3.98. The number of hydrogen-bond donors (Lipinski definition) is 1. The number of nitrogens with zero attached hydrogens (tertiary/aromatic N) is 2. The van der Waals surface area contributed by atoms with Gasteiger partial charge in [0.1, 0.15) is 0 Å². The van der Waals surface area contributed by atoms with Crippen molar-refractivity contribution >= 4 is 16.5 Å². The number of nitrogens with one attached hydrogen (secondary N) is 1. The summed E-state index contributed by atoms with van der Waals surface area (Å²) in [6.45, 7) is 3.59. The Labute approximate surface area is 99.6 Å². The Morgan fingerprint density at radius 1 is 1.44 bits per heavy atom. The largest absolute Gasteiger partial charge is 0.378 e. The van der Waals surface area contributed by atoms with E-state index in [9.17, 15) is 0 Å². The van der Waals surface area contributed by atoms with Crippen LogP contribution in [0.25, 0.3) is 0 Å². The third kappa shape index (κ3) is 1.73. The van der Waals surface area contributed by atoms with E-state index in [1.807, 2.05) is 24.6 Å². The highest BCUT2D eigenvalue weighted by molar-refractivity contribution is 7.15. The standard InChI is InChI=1S/C11H17N3OS/c1-12-11(2-3-11)9-8-13-10(16-9)14-4-6-15-7-5-14/h8,12H,2-7H2,1H3. The third-order valence-electron chi connectivity index (χ3n) is 3.48. The van der Waals surface area contributed by atoms with Crippen molar-refractivity contribution in [3.8, 4) is 0 Å². The summed E-state index contributed by atoms with van der Waals surface area (Å²) in [6, 6.07) is 0. The second-order valence-electron chi connectivity index (χ2n) is 4.44. The SMILES string of the molecule is CNC1(c2cnc(N3CCOCC3)s2)CC1. The summed E-state index contributed by atoms with van der Waals surface area (Å²) in [5, 5.41) is 4.56. The monoisotopic (exact) mass is 239 g/mol. The predicted octanol–water partition coefficient (Wildman–Crippen LogP) is 1.19. The summed E-state index contributed by atoms with van der Waals surface area (Å²) in [5.41, 5.74) is 0.252. The molecule has 88 valence electrons. The number of thiazole rings is 1. The van der Waals surface area contributed by atoms with E-state index in [1.54, 1.807) is 0 Å². The summed E-state index contributed by atoms with van der Waals surface area (Å²) < 4.78 is 5.35.